The van der Waals surface area contributed by atoms with E-state index in [1.807, 2.05) is 55.4 Å². The molecule has 0 radical (unpaired) electrons. The molecule has 0 atom stereocenters. The molecule has 158 valence electrons. The van der Waals surface area contributed by atoms with Gasteiger partial charge < -0.3 is 9.47 Å². The van der Waals surface area contributed by atoms with Gasteiger partial charge in [-0.25, -0.2) is 0 Å². The summed E-state index contributed by atoms with van der Waals surface area (Å²) in [5, 5.41) is 0. The highest BCUT2D eigenvalue weighted by Gasteiger charge is 2.33. The van der Waals surface area contributed by atoms with Gasteiger partial charge in [0.25, 0.3) is 0 Å². The second kappa shape index (κ2) is 9.19. The Balaban J connectivity index is 3.33. The smallest absolute Gasteiger partial charge is 0.238 e. The van der Waals surface area contributed by atoms with Crippen molar-refractivity contribution < 1.29 is 21.1 Å². The highest BCUT2D eigenvalue weighted by molar-refractivity contribution is 8.21. The molecule has 2 nitrogen and oxygen atoms in total. The Hall–Kier alpha value is -0.720. The quantitative estimate of drug-likeness (QED) is 0.442. The summed E-state index contributed by atoms with van der Waals surface area (Å²) in [6, 6.07) is 3.31. The molecule has 0 aliphatic rings. The SMILES string of the molecule is CC(C)COCc1cc(C(C)(C)C)cc(COCC(C)(C)C)c1S(F)(F)F. The Bertz CT molecular complexity index is 612. The molecule has 0 saturated heterocycles. The predicted octanol–water partition coefficient (Wildman–Crippen LogP) is 7.54. The van der Waals surface area contributed by atoms with Crippen molar-refractivity contribution in [2.24, 2.45) is 11.3 Å². The molecule has 0 amide bonds. The fourth-order valence-electron chi connectivity index (χ4n) is 2.57. The van der Waals surface area contributed by atoms with Gasteiger partial charge in [-0.1, -0.05) is 67.5 Å². The molecule has 0 saturated carbocycles. The first-order valence-corrected chi connectivity index (χ1v) is 10.7. The van der Waals surface area contributed by atoms with Crippen LogP contribution in [0.15, 0.2) is 17.0 Å². The molecule has 0 N–H and O–H groups in total. The van der Waals surface area contributed by atoms with E-state index in [0.29, 0.717) is 13.2 Å². The summed E-state index contributed by atoms with van der Waals surface area (Å²) in [5.74, 6) is 0.270. The van der Waals surface area contributed by atoms with Crippen LogP contribution in [-0.2, 0) is 28.1 Å². The zero-order valence-electron chi connectivity index (χ0n) is 17.9. The van der Waals surface area contributed by atoms with Gasteiger partial charge in [0, 0.05) is 6.61 Å². The first-order valence-electron chi connectivity index (χ1n) is 9.35. The molecule has 1 rings (SSSR count). The van der Waals surface area contributed by atoms with Crippen LogP contribution in [0.5, 0.6) is 0 Å². The van der Waals surface area contributed by atoms with Crippen LogP contribution in [0.25, 0.3) is 0 Å². The maximum atomic E-state index is 14.0. The molecule has 0 unspecified atom stereocenters. The van der Waals surface area contributed by atoms with Gasteiger partial charge in [0.2, 0.25) is 11.2 Å². The second-order valence-corrected chi connectivity index (χ2v) is 11.0. The van der Waals surface area contributed by atoms with Gasteiger partial charge in [0.15, 0.2) is 0 Å². The minimum absolute atomic E-state index is 0.0315. The number of halogens is 3. The molecule has 0 bridgehead atoms. The topological polar surface area (TPSA) is 18.5 Å². The van der Waals surface area contributed by atoms with E-state index in [9.17, 15) is 11.7 Å². The van der Waals surface area contributed by atoms with E-state index < -0.39 is 16.1 Å². The van der Waals surface area contributed by atoms with E-state index in [2.05, 4.69) is 0 Å². The number of hydrogen-bond acceptors (Lipinski definition) is 2. The summed E-state index contributed by atoms with van der Waals surface area (Å²) < 4.78 is 53.1. The molecule has 1 aromatic carbocycles. The Morgan fingerprint density at radius 1 is 0.889 bits per heavy atom. The summed E-state index contributed by atoms with van der Waals surface area (Å²) >= 11 is -5.40. The van der Waals surface area contributed by atoms with Crippen LogP contribution in [0, 0.1) is 11.3 Å². The lowest BCUT2D eigenvalue weighted by Gasteiger charge is -2.26. The molecular weight excluding hydrogens is 373 g/mol. The monoisotopic (exact) mass is 408 g/mol. The van der Waals surface area contributed by atoms with E-state index in [1.54, 1.807) is 12.1 Å². The Labute approximate surface area is 165 Å². The van der Waals surface area contributed by atoms with Crippen LogP contribution in [0.2, 0.25) is 0 Å². The molecule has 0 heterocycles. The molecule has 0 fully saturated rings. The van der Waals surface area contributed by atoms with Crippen LogP contribution in [-0.4, -0.2) is 13.2 Å². The van der Waals surface area contributed by atoms with Crippen LogP contribution in [0.1, 0.15) is 72.1 Å². The summed E-state index contributed by atoms with van der Waals surface area (Å²) in [6.45, 7) is 16.7. The Kier molecular flexibility index (Phi) is 8.27. The molecule has 6 heteroatoms. The maximum Gasteiger partial charge on any atom is 0.238 e. The standard InChI is InChI=1S/C21H35F3O2S/c1-15(2)11-25-12-16-9-18(21(6,7)8)10-17(19(16)27(22,23)24)13-26-14-20(3,4)5/h9-10,15H,11-14H2,1-8H3. The van der Waals surface area contributed by atoms with Gasteiger partial charge in [-0.3, -0.25) is 0 Å². The number of rotatable bonds is 8. The van der Waals surface area contributed by atoms with E-state index in [1.165, 1.54) is 0 Å². The summed E-state index contributed by atoms with van der Waals surface area (Å²) in [5.41, 5.74) is 0.950. The molecular formula is C21H35F3O2S. The molecule has 27 heavy (non-hydrogen) atoms. The van der Waals surface area contributed by atoms with Crippen molar-refractivity contribution in [1.29, 1.82) is 0 Å². The Morgan fingerprint density at radius 2 is 1.37 bits per heavy atom. The van der Waals surface area contributed by atoms with Gasteiger partial charge in [0.1, 0.15) is 0 Å². The van der Waals surface area contributed by atoms with Crippen molar-refractivity contribution in [3.8, 4) is 0 Å². The van der Waals surface area contributed by atoms with E-state index >= 15 is 0 Å². The fraction of sp³-hybridized carbons (Fsp3) is 0.714. The van der Waals surface area contributed by atoms with Crippen molar-refractivity contribution >= 4 is 11.2 Å². The van der Waals surface area contributed by atoms with Crippen LogP contribution >= 0.6 is 11.2 Å². The highest BCUT2D eigenvalue weighted by atomic mass is 32.3. The van der Waals surface area contributed by atoms with E-state index in [-0.39, 0.29) is 41.1 Å². The molecule has 0 aromatic heterocycles. The third-order valence-electron chi connectivity index (χ3n) is 3.84. The summed E-state index contributed by atoms with van der Waals surface area (Å²) in [7, 11) is 0. The lowest BCUT2D eigenvalue weighted by atomic mass is 9.85. The van der Waals surface area contributed by atoms with Crippen molar-refractivity contribution in [3.63, 3.8) is 0 Å². The molecule has 0 aliphatic heterocycles. The zero-order valence-corrected chi connectivity index (χ0v) is 18.7. The third-order valence-corrected chi connectivity index (χ3v) is 4.83. The highest BCUT2D eigenvalue weighted by Crippen LogP contribution is 2.63. The van der Waals surface area contributed by atoms with Crippen molar-refractivity contribution in [2.75, 3.05) is 13.2 Å². The summed E-state index contributed by atoms with van der Waals surface area (Å²) in [6.07, 6.45) is 0. The predicted molar refractivity (Wildman–Crippen MR) is 108 cm³/mol. The van der Waals surface area contributed by atoms with Crippen molar-refractivity contribution in [3.05, 3.63) is 28.8 Å². The minimum Gasteiger partial charge on any atom is -0.376 e. The van der Waals surface area contributed by atoms with E-state index in [0.717, 1.165) is 5.56 Å². The lowest BCUT2D eigenvalue weighted by molar-refractivity contribution is 0.0581. The average molecular weight is 409 g/mol. The van der Waals surface area contributed by atoms with Crippen molar-refractivity contribution in [2.45, 2.75) is 78.9 Å². The molecule has 0 aliphatic carbocycles. The fourth-order valence-corrected chi connectivity index (χ4v) is 3.40. The first kappa shape index (κ1) is 24.3. The van der Waals surface area contributed by atoms with Gasteiger partial charge in [-0.2, -0.15) is 0 Å². The normalized spacial score (nSPS) is 14.1. The van der Waals surface area contributed by atoms with E-state index in [4.69, 9.17) is 9.47 Å². The average Bonchev–Trinajstić information content (AvgIpc) is 2.42. The van der Waals surface area contributed by atoms with Gasteiger partial charge in [0.05, 0.1) is 24.7 Å². The van der Waals surface area contributed by atoms with Gasteiger partial charge in [-0.05, 0) is 33.4 Å². The lowest BCUT2D eigenvalue weighted by Crippen LogP contribution is -2.17. The van der Waals surface area contributed by atoms with Crippen LogP contribution in [0.4, 0.5) is 11.7 Å². The largest absolute Gasteiger partial charge is 0.376 e. The van der Waals surface area contributed by atoms with Crippen LogP contribution < -0.4 is 0 Å². The third kappa shape index (κ3) is 8.44. The van der Waals surface area contributed by atoms with Gasteiger partial charge >= 0.3 is 0 Å². The number of hydrogen-bond donors (Lipinski definition) is 0. The second-order valence-electron chi connectivity index (χ2n) is 9.74. The first-order chi connectivity index (χ1) is 12.1. The van der Waals surface area contributed by atoms with Crippen molar-refractivity contribution in [1.82, 2.24) is 0 Å². The number of ether oxygens (including phenoxy) is 2. The van der Waals surface area contributed by atoms with Crippen LogP contribution in [0.3, 0.4) is 0 Å². The summed E-state index contributed by atoms with van der Waals surface area (Å²) in [4.78, 5) is -0.534. The molecule has 1 aromatic rings. The van der Waals surface area contributed by atoms with Gasteiger partial charge in [-0.15, -0.1) is 11.7 Å². The number of benzene rings is 1. The molecule has 0 spiro atoms. The Morgan fingerprint density at radius 3 is 1.74 bits per heavy atom. The maximum absolute atomic E-state index is 14.0. The minimum atomic E-state index is -5.40. The zero-order chi connectivity index (χ0) is 21.0.